The van der Waals surface area contributed by atoms with Crippen LogP contribution in [0.3, 0.4) is 0 Å². The highest BCUT2D eigenvalue weighted by Gasteiger charge is 2.37. The number of carbonyl (C=O) groups excluding carboxylic acids is 3. The molecule has 0 saturated carbocycles. The second-order valence-electron chi connectivity index (χ2n) is 5.42. The van der Waals surface area contributed by atoms with Crippen LogP contribution in [-0.2, 0) is 9.59 Å². The summed E-state index contributed by atoms with van der Waals surface area (Å²) in [6, 6.07) is 4.67. The summed E-state index contributed by atoms with van der Waals surface area (Å²) >= 11 is 3.36. The van der Waals surface area contributed by atoms with E-state index in [1.54, 1.807) is 12.1 Å². The van der Waals surface area contributed by atoms with Crippen LogP contribution < -0.4 is 4.74 Å². The molecule has 1 aliphatic rings. The maximum atomic E-state index is 12.3. The van der Waals surface area contributed by atoms with Crippen LogP contribution >= 0.6 is 15.9 Å². The van der Waals surface area contributed by atoms with Crippen LogP contribution in [0, 0.1) is 0 Å². The topological polar surface area (TPSA) is 66.9 Å². The van der Waals surface area contributed by atoms with Gasteiger partial charge in [-0.15, -0.1) is 0 Å². The van der Waals surface area contributed by atoms with Gasteiger partial charge in [0.15, 0.2) is 0 Å². The molecule has 0 aromatic heterocycles. The Labute approximate surface area is 142 Å². The Morgan fingerprint density at radius 2 is 1.65 bits per heavy atom. The summed E-state index contributed by atoms with van der Waals surface area (Å²) in [5.74, 6) is -0.708. The number of urea groups is 1. The third-order valence-electron chi connectivity index (χ3n) is 3.28. The Kier molecular flexibility index (Phi) is 4.89. The average molecular weight is 381 g/mol. The first-order valence-corrected chi connectivity index (χ1v) is 7.79. The lowest BCUT2D eigenvalue weighted by Crippen LogP contribution is -2.52. The molecule has 4 amide bonds. The zero-order valence-electron chi connectivity index (χ0n) is 13.3. The van der Waals surface area contributed by atoms with Crippen LogP contribution in [0.15, 0.2) is 28.2 Å². The van der Waals surface area contributed by atoms with E-state index in [4.69, 9.17) is 4.74 Å². The van der Waals surface area contributed by atoms with Crippen molar-refractivity contribution < 1.29 is 19.1 Å². The van der Waals surface area contributed by atoms with Crippen molar-refractivity contribution in [2.75, 3.05) is 14.1 Å². The van der Waals surface area contributed by atoms with Gasteiger partial charge in [0, 0.05) is 24.1 Å². The van der Waals surface area contributed by atoms with E-state index >= 15 is 0 Å². The summed E-state index contributed by atoms with van der Waals surface area (Å²) in [6.45, 7) is 3.77. The molecular formula is C16H17BrN2O4. The fourth-order valence-electron chi connectivity index (χ4n) is 2.12. The van der Waals surface area contributed by atoms with Gasteiger partial charge in [-0.05, 0) is 38.1 Å². The molecule has 0 aliphatic carbocycles. The van der Waals surface area contributed by atoms with Gasteiger partial charge in [0.05, 0.1) is 6.10 Å². The van der Waals surface area contributed by atoms with Gasteiger partial charge in [-0.2, -0.15) is 0 Å². The lowest BCUT2D eigenvalue weighted by molar-refractivity contribution is -0.134. The van der Waals surface area contributed by atoms with Gasteiger partial charge in [0.25, 0.3) is 11.8 Å². The largest absolute Gasteiger partial charge is 0.490 e. The minimum atomic E-state index is -0.648. The average Bonchev–Trinajstić information content (AvgIpc) is 2.49. The van der Waals surface area contributed by atoms with E-state index in [9.17, 15) is 14.4 Å². The molecule has 1 fully saturated rings. The maximum absolute atomic E-state index is 12.3. The number of hydrogen-bond donors (Lipinski definition) is 0. The third-order valence-corrected chi connectivity index (χ3v) is 3.77. The van der Waals surface area contributed by atoms with Gasteiger partial charge in [-0.1, -0.05) is 15.9 Å². The van der Waals surface area contributed by atoms with Crippen molar-refractivity contribution in [1.82, 2.24) is 9.80 Å². The Bertz CT molecular complexity index is 686. The van der Waals surface area contributed by atoms with E-state index in [0.717, 1.165) is 14.3 Å². The number of halogens is 1. The van der Waals surface area contributed by atoms with Crippen LogP contribution in [-0.4, -0.2) is 47.8 Å². The number of barbiturate groups is 1. The Balaban J connectivity index is 2.52. The Hall–Kier alpha value is -2.15. The molecule has 1 saturated heterocycles. The molecule has 0 bridgehead atoms. The molecule has 0 unspecified atom stereocenters. The summed E-state index contributed by atoms with van der Waals surface area (Å²) in [5.41, 5.74) is 0.502. The number of carbonyl (C=O) groups is 3. The molecule has 0 N–H and O–H groups in total. The van der Waals surface area contributed by atoms with Gasteiger partial charge in [0.2, 0.25) is 0 Å². The number of nitrogens with zero attached hydrogens (tertiary/aromatic N) is 2. The van der Waals surface area contributed by atoms with Crippen molar-refractivity contribution >= 4 is 39.9 Å². The van der Waals surface area contributed by atoms with Crippen molar-refractivity contribution in [2.45, 2.75) is 20.0 Å². The molecule has 0 radical (unpaired) electrons. The van der Waals surface area contributed by atoms with E-state index in [0.29, 0.717) is 11.3 Å². The summed E-state index contributed by atoms with van der Waals surface area (Å²) in [6.07, 6.45) is 1.39. The quantitative estimate of drug-likeness (QED) is 0.597. The van der Waals surface area contributed by atoms with Crippen LogP contribution in [0.5, 0.6) is 5.75 Å². The van der Waals surface area contributed by atoms with Crippen LogP contribution in [0.2, 0.25) is 0 Å². The minimum Gasteiger partial charge on any atom is -0.490 e. The van der Waals surface area contributed by atoms with E-state index in [-0.39, 0.29) is 11.7 Å². The summed E-state index contributed by atoms with van der Waals surface area (Å²) < 4.78 is 6.49. The molecule has 7 heteroatoms. The molecule has 122 valence electrons. The van der Waals surface area contributed by atoms with Crippen LogP contribution in [0.25, 0.3) is 6.08 Å². The fraction of sp³-hybridized carbons (Fsp3) is 0.312. The summed E-state index contributed by atoms with van der Waals surface area (Å²) in [7, 11) is 2.68. The molecule has 23 heavy (non-hydrogen) atoms. The van der Waals surface area contributed by atoms with Gasteiger partial charge in [-0.3, -0.25) is 19.4 Å². The van der Waals surface area contributed by atoms with E-state index in [2.05, 4.69) is 15.9 Å². The normalized spacial score (nSPS) is 15.6. The van der Waals surface area contributed by atoms with Gasteiger partial charge in [0.1, 0.15) is 11.3 Å². The van der Waals surface area contributed by atoms with Crippen molar-refractivity contribution in [3.05, 3.63) is 33.8 Å². The molecule has 1 aromatic rings. The van der Waals surface area contributed by atoms with Crippen molar-refractivity contribution in [2.24, 2.45) is 0 Å². The number of hydrogen-bond acceptors (Lipinski definition) is 4. The summed E-state index contributed by atoms with van der Waals surface area (Å²) in [4.78, 5) is 38.1. The molecule has 1 aliphatic heterocycles. The number of amides is 4. The number of imide groups is 2. The van der Waals surface area contributed by atoms with E-state index < -0.39 is 17.8 Å². The van der Waals surface area contributed by atoms with Gasteiger partial charge in [-0.25, -0.2) is 4.79 Å². The molecule has 6 nitrogen and oxygen atoms in total. The van der Waals surface area contributed by atoms with E-state index in [1.165, 1.54) is 20.2 Å². The molecule has 0 spiro atoms. The van der Waals surface area contributed by atoms with Gasteiger partial charge < -0.3 is 4.74 Å². The highest BCUT2D eigenvalue weighted by atomic mass is 79.9. The second-order valence-corrected chi connectivity index (χ2v) is 6.33. The predicted octanol–water partition coefficient (Wildman–Crippen LogP) is 2.67. The lowest BCUT2D eigenvalue weighted by Gasteiger charge is -2.29. The number of ether oxygens (including phenoxy) is 1. The van der Waals surface area contributed by atoms with Crippen molar-refractivity contribution in [1.29, 1.82) is 0 Å². The first-order valence-electron chi connectivity index (χ1n) is 7.00. The van der Waals surface area contributed by atoms with E-state index in [1.807, 2.05) is 19.9 Å². The molecular weight excluding hydrogens is 364 g/mol. The maximum Gasteiger partial charge on any atom is 0.333 e. The number of rotatable bonds is 3. The SMILES string of the molecule is CC(C)Oc1ccc(Br)cc1C=C1C(=O)N(C)C(=O)N(C)C1=O. The smallest absolute Gasteiger partial charge is 0.333 e. The first kappa shape index (κ1) is 17.2. The fourth-order valence-corrected chi connectivity index (χ4v) is 2.50. The molecule has 1 heterocycles. The molecule has 1 aromatic carbocycles. The van der Waals surface area contributed by atoms with Crippen molar-refractivity contribution in [3.8, 4) is 5.75 Å². The third kappa shape index (κ3) is 3.44. The highest BCUT2D eigenvalue weighted by Crippen LogP contribution is 2.28. The molecule has 0 atom stereocenters. The van der Waals surface area contributed by atoms with Gasteiger partial charge >= 0.3 is 6.03 Å². The van der Waals surface area contributed by atoms with Crippen molar-refractivity contribution in [3.63, 3.8) is 0 Å². The standard InChI is InChI=1S/C16H17BrN2O4/c1-9(2)23-13-6-5-11(17)7-10(13)8-12-14(20)18(3)16(22)19(4)15(12)21/h5-9H,1-4H3. The predicted molar refractivity (Wildman–Crippen MR) is 88.8 cm³/mol. The monoisotopic (exact) mass is 380 g/mol. The minimum absolute atomic E-state index is 0.0574. The number of likely N-dealkylation sites (N-methyl/N-ethyl adjacent to an activating group) is 2. The lowest BCUT2D eigenvalue weighted by atomic mass is 10.1. The highest BCUT2D eigenvalue weighted by molar-refractivity contribution is 9.10. The zero-order chi connectivity index (χ0) is 17.3. The first-order chi connectivity index (χ1) is 10.7. The molecule has 2 rings (SSSR count). The summed E-state index contributed by atoms with van der Waals surface area (Å²) in [5, 5.41) is 0. The zero-order valence-corrected chi connectivity index (χ0v) is 14.9. The Morgan fingerprint density at radius 3 is 2.17 bits per heavy atom. The Morgan fingerprint density at radius 1 is 1.09 bits per heavy atom. The van der Waals surface area contributed by atoms with Crippen LogP contribution in [0.1, 0.15) is 19.4 Å². The van der Waals surface area contributed by atoms with Crippen LogP contribution in [0.4, 0.5) is 4.79 Å². The second kappa shape index (κ2) is 6.54. The number of benzene rings is 1.